The molecule has 2 radical (unpaired) electrons. The van der Waals surface area contributed by atoms with Crippen molar-refractivity contribution in [3.05, 3.63) is 30.5 Å². The smallest absolute Gasteiger partial charge is 0.313 e. The summed E-state index contributed by atoms with van der Waals surface area (Å²) in [5.41, 5.74) is 1.73. The van der Waals surface area contributed by atoms with Crippen molar-refractivity contribution in [1.29, 1.82) is 0 Å². The van der Waals surface area contributed by atoms with Gasteiger partial charge in [-0.25, -0.2) is 4.98 Å². The zero-order chi connectivity index (χ0) is 24.7. The molecule has 0 amide bonds. The maximum Gasteiger partial charge on any atom is 0.313 e. The Hall–Kier alpha value is -1.95. The maximum atomic E-state index is 5.87. The van der Waals surface area contributed by atoms with Gasteiger partial charge in [-0.2, -0.15) is 0 Å². The van der Waals surface area contributed by atoms with Crippen LogP contribution in [0.3, 0.4) is 0 Å². The van der Waals surface area contributed by atoms with E-state index in [0.29, 0.717) is 27.4 Å². The van der Waals surface area contributed by atoms with Crippen molar-refractivity contribution in [2.24, 2.45) is 17.8 Å². The van der Waals surface area contributed by atoms with Crippen LogP contribution < -0.4 is 9.16 Å². The van der Waals surface area contributed by atoms with E-state index in [9.17, 15) is 0 Å². The Morgan fingerprint density at radius 3 is 2.40 bits per heavy atom. The number of hydrogen-bond donors (Lipinski definition) is 0. The van der Waals surface area contributed by atoms with E-state index in [0.717, 1.165) is 42.2 Å². The molecule has 0 spiro atoms. The van der Waals surface area contributed by atoms with Gasteiger partial charge < -0.3 is 9.16 Å². The minimum absolute atomic E-state index is 0.425. The second-order valence-electron chi connectivity index (χ2n) is 10.5. The van der Waals surface area contributed by atoms with Crippen molar-refractivity contribution in [3.8, 4) is 23.0 Å². The van der Waals surface area contributed by atoms with Gasteiger partial charge in [-0.3, -0.25) is 0 Å². The van der Waals surface area contributed by atoms with Gasteiger partial charge in [0.25, 0.3) is 0 Å². The van der Waals surface area contributed by atoms with Crippen LogP contribution in [-0.2, 0) is 0 Å². The molecule has 0 saturated heterocycles. The van der Waals surface area contributed by atoms with Crippen molar-refractivity contribution < 1.29 is 9.16 Å². The lowest BCUT2D eigenvalue weighted by atomic mass is 9.95. The first-order chi connectivity index (χ1) is 17.1. The summed E-state index contributed by atoms with van der Waals surface area (Å²) in [5, 5.41) is 8.59. The molecule has 2 heterocycles. The molecule has 2 aromatic rings. The highest BCUT2D eigenvalue weighted by molar-refractivity contribution is 6.28. The van der Waals surface area contributed by atoms with Crippen molar-refractivity contribution in [2.75, 3.05) is 6.61 Å². The number of pyridine rings is 1. The second kappa shape index (κ2) is 15.9. The number of rotatable bonds is 19. The van der Waals surface area contributed by atoms with Crippen LogP contribution in [0.1, 0.15) is 97.8 Å². The van der Waals surface area contributed by atoms with Gasteiger partial charge >= 0.3 is 9.76 Å². The Morgan fingerprint density at radius 2 is 1.69 bits per heavy atom. The zero-order valence-corrected chi connectivity index (χ0v) is 23.2. The molecule has 2 atom stereocenters. The monoisotopic (exact) mass is 495 g/mol. The van der Waals surface area contributed by atoms with Crippen molar-refractivity contribution in [3.63, 3.8) is 0 Å². The number of nitrogens with zero attached hydrogens (tertiary/aromatic N) is 3. The molecule has 1 aliphatic carbocycles. The van der Waals surface area contributed by atoms with E-state index in [1.165, 1.54) is 70.6 Å². The predicted octanol–water partition coefficient (Wildman–Crippen LogP) is 7.94. The molecule has 0 N–H and O–H groups in total. The van der Waals surface area contributed by atoms with Crippen LogP contribution in [0.5, 0.6) is 11.8 Å². The second-order valence-corrected chi connectivity index (χ2v) is 11.4. The molecule has 0 aliphatic heterocycles. The van der Waals surface area contributed by atoms with Gasteiger partial charge in [0, 0.05) is 23.9 Å². The molecule has 192 valence electrons. The Balaban J connectivity index is 1.29. The van der Waals surface area contributed by atoms with Crippen LogP contribution in [0.25, 0.3) is 11.3 Å². The quantitative estimate of drug-likeness (QED) is 0.146. The molecule has 1 aliphatic rings. The third kappa shape index (κ3) is 11.6. The fourth-order valence-electron chi connectivity index (χ4n) is 4.24. The van der Waals surface area contributed by atoms with Gasteiger partial charge in [-0.05, 0) is 42.4 Å². The molecular formula is C29H45N3O2Si. The lowest BCUT2D eigenvalue weighted by Crippen LogP contribution is -2.09. The lowest BCUT2D eigenvalue weighted by molar-refractivity contribution is 0.293. The fraction of sp³-hybridized carbons (Fsp3) is 0.690. The van der Waals surface area contributed by atoms with Crippen LogP contribution in [0.15, 0.2) is 30.5 Å². The SMILES string of the molecule is CCCCC(C)CCC(C)C[Si]Oc1ccc(-c2ccc(OCCCCCCC3CC3)nc2)nn1. The fourth-order valence-corrected chi connectivity index (χ4v) is 5.07. The van der Waals surface area contributed by atoms with Crippen LogP contribution >= 0.6 is 0 Å². The summed E-state index contributed by atoms with van der Waals surface area (Å²) < 4.78 is 11.7. The van der Waals surface area contributed by atoms with Gasteiger partial charge in [0.15, 0.2) is 0 Å². The molecular weight excluding hydrogens is 450 g/mol. The van der Waals surface area contributed by atoms with E-state index in [-0.39, 0.29) is 0 Å². The number of unbranched alkanes of at least 4 members (excludes halogenated alkanes) is 4. The Morgan fingerprint density at radius 1 is 0.886 bits per heavy atom. The zero-order valence-electron chi connectivity index (χ0n) is 22.2. The largest absolute Gasteiger partial charge is 0.527 e. The van der Waals surface area contributed by atoms with Gasteiger partial charge in [0.1, 0.15) is 0 Å². The summed E-state index contributed by atoms with van der Waals surface area (Å²) in [6, 6.07) is 8.84. The van der Waals surface area contributed by atoms with Crippen molar-refractivity contribution in [2.45, 2.75) is 104 Å². The summed E-state index contributed by atoms with van der Waals surface area (Å²) >= 11 is 0. The normalized spacial score (nSPS) is 15.1. The third-order valence-electron chi connectivity index (χ3n) is 6.94. The van der Waals surface area contributed by atoms with E-state index in [1.807, 2.05) is 24.3 Å². The molecule has 3 rings (SSSR count). The Kier molecular flexibility index (Phi) is 12.6. The van der Waals surface area contributed by atoms with Crippen LogP contribution in [0.2, 0.25) is 6.04 Å². The van der Waals surface area contributed by atoms with Gasteiger partial charge in [0.2, 0.25) is 11.8 Å². The van der Waals surface area contributed by atoms with E-state index >= 15 is 0 Å². The number of aromatic nitrogens is 3. The van der Waals surface area contributed by atoms with Gasteiger partial charge in [-0.1, -0.05) is 91.4 Å². The molecule has 6 heteroatoms. The molecule has 0 aromatic carbocycles. The van der Waals surface area contributed by atoms with Crippen molar-refractivity contribution >= 4 is 9.76 Å². The molecule has 35 heavy (non-hydrogen) atoms. The highest BCUT2D eigenvalue weighted by atomic mass is 28.2. The predicted molar refractivity (Wildman–Crippen MR) is 145 cm³/mol. The summed E-state index contributed by atoms with van der Waals surface area (Å²) in [6.07, 6.45) is 17.8. The lowest BCUT2D eigenvalue weighted by Gasteiger charge is -2.14. The average molecular weight is 496 g/mol. The maximum absolute atomic E-state index is 5.87. The van der Waals surface area contributed by atoms with E-state index in [4.69, 9.17) is 9.16 Å². The van der Waals surface area contributed by atoms with Gasteiger partial charge in [-0.15, -0.1) is 10.2 Å². The third-order valence-corrected chi connectivity index (χ3v) is 8.15. The topological polar surface area (TPSA) is 57.1 Å². The molecule has 0 bridgehead atoms. The molecule has 2 aromatic heterocycles. The first-order valence-corrected chi connectivity index (χ1v) is 15.1. The minimum Gasteiger partial charge on any atom is -0.527 e. The van der Waals surface area contributed by atoms with E-state index in [2.05, 4.69) is 36.0 Å². The highest BCUT2D eigenvalue weighted by Gasteiger charge is 2.19. The molecule has 1 fully saturated rings. The summed E-state index contributed by atoms with van der Waals surface area (Å²) in [5.74, 6) is 3.84. The summed E-state index contributed by atoms with van der Waals surface area (Å²) in [7, 11) is 0.425. The summed E-state index contributed by atoms with van der Waals surface area (Å²) in [4.78, 5) is 4.44. The van der Waals surface area contributed by atoms with Crippen LogP contribution in [-0.4, -0.2) is 31.6 Å². The summed E-state index contributed by atoms with van der Waals surface area (Å²) in [6.45, 7) is 7.71. The number of ether oxygens (including phenoxy) is 1. The first kappa shape index (κ1) is 27.6. The molecule has 5 nitrogen and oxygen atoms in total. The molecule has 2 unspecified atom stereocenters. The first-order valence-electron chi connectivity index (χ1n) is 14.0. The molecule has 1 saturated carbocycles. The average Bonchev–Trinajstić information content (AvgIpc) is 3.71. The standard InChI is InChI=1S/C29H45N3O2Si/c1-4-5-10-23(2)12-13-24(3)22-35-34-29-19-17-27(31-32-29)26-16-18-28(30-21-26)33-20-9-7-6-8-11-25-14-15-25/h16-19,21,23-25H,4-15,20,22H2,1-3H3. The minimum atomic E-state index is 0.425. The van der Waals surface area contributed by atoms with E-state index in [1.54, 1.807) is 6.20 Å². The van der Waals surface area contributed by atoms with Gasteiger partial charge in [0.05, 0.1) is 12.3 Å². The Labute approximate surface area is 215 Å². The number of hydrogen-bond acceptors (Lipinski definition) is 5. The van der Waals surface area contributed by atoms with Crippen LogP contribution in [0, 0.1) is 17.8 Å². The Bertz CT molecular complexity index is 812. The van der Waals surface area contributed by atoms with Crippen LogP contribution in [0.4, 0.5) is 0 Å². The van der Waals surface area contributed by atoms with E-state index < -0.39 is 0 Å². The van der Waals surface area contributed by atoms with Crippen molar-refractivity contribution in [1.82, 2.24) is 15.2 Å². The highest BCUT2D eigenvalue weighted by Crippen LogP contribution is 2.34.